The molecular formula is C19H31NO. The summed E-state index contributed by atoms with van der Waals surface area (Å²) in [4.78, 5) is 0. The number of benzene rings is 1. The van der Waals surface area contributed by atoms with Crippen molar-refractivity contribution in [3.63, 3.8) is 0 Å². The Balaban J connectivity index is 2.09. The van der Waals surface area contributed by atoms with Crippen molar-refractivity contribution in [2.45, 2.75) is 52.5 Å². The van der Waals surface area contributed by atoms with Gasteiger partial charge < -0.3 is 10.1 Å². The molecule has 2 rings (SSSR count). The highest BCUT2D eigenvalue weighted by Gasteiger charge is 2.30. The van der Waals surface area contributed by atoms with E-state index in [0.717, 1.165) is 36.5 Å². The van der Waals surface area contributed by atoms with Crippen LogP contribution >= 0.6 is 0 Å². The Morgan fingerprint density at radius 2 is 2.05 bits per heavy atom. The van der Waals surface area contributed by atoms with Gasteiger partial charge in [0.2, 0.25) is 0 Å². The normalized spacial score (nSPS) is 27.3. The Bertz CT molecular complexity index is 431. The van der Waals surface area contributed by atoms with Crippen molar-refractivity contribution in [1.29, 1.82) is 0 Å². The monoisotopic (exact) mass is 289 g/mol. The first-order valence-corrected chi connectivity index (χ1v) is 8.55. The molecule has 1 aliphatic rings. The van der Waals surface area contributed by atoms with Crippen molar-refractivity contribution in [3.05, 3.63) is 29.8 Å². The van der Waals surface area contributed by atoms with Crippen LogP contribution in [0.3, 0.4) is 0 Å². The zero-order chi connectivity index (χ0) is 15.2. The van der Waals surface area contributed by atoms with E-state index in [4.69, 9.17) is 4.74 Å². The summed E-state index contributed by atoms with van der Waals surface area (Å²) in [5.74, 6) is 3.45. The third kappa shape index (κ3) is 4.23. The Hall–Kier alpha value is -1.02. The fourth-order valence-electron chi connectivity index (χ4n) is 3.58. The molecule has 118 valence electrons. The van der Waals surface area contributed by atoms with Gasteiger partial charge in [-0.05, 0) is 61.8 Å². The van der Waals surface area contributed by atoms with Crippen LogP contribution in [-0.4, -0.2) is 13.7 Å². The SMILES string of the molecule is CCCOc1cccc(C(NC)C2CCC(C)C(C)C2)c1. The van der Waals surface area contributed by atoms with Crippen LogP contribution < -0.4 is 10.1 Å². The highest BCUT2D eigenvalue weighted by molar-refractivity contribution is 5.31. The quantitative estimate of drug-likeness (QED) is 0.811. The van der Waals surface area contributed by atoms with Gasteiger partial charge in [0.25, 0.3) is 0 Å². The van der Waals surface area contributed by atoms with Crippen LogP contribution in [-0.2, 0) is 0 Å². The maximum absolute atomic E-state index is 5.79. The van der Waals surface area contributed by atoms with E-state index in [1.54, 1.807) is 0 Å². The lowest BCUT2D eigenvalue weighted by Gasteiger charge is -2.37. The standard InChI is InChI=1S/C19H31NO/c1-5-11-21-18-8-6-7-16(13-18)19(20-4)17-10-9-14(2)15(3)12-17/h6-8,13-15,17,19-20H,5,9-12H2,1-4H3. The zero-order valence-corrected chi connectivity index (χ0v) is 14.1. The minimum Gasteiger partial charge on any atom is -0.494 e. The minimum atomic E-state index is 0.449. The van der Waals surface area contributed by atoms with E-state index in [1.165, 1.54) is 24.8 Å². The van der Waals surface area contributed by atoms with Gasteiger partial charge in [0.1, 0.15) is 5.75 Å². The van der Waals surface area contributed by atoms with Gasteiger partial charge in [-0.1, -0.05) is 39.3 Å². The number of hydrogen-bond donors (Lipinski definition) is 1. The first-order valence-electron chi connectivity index (χ1n) is 8.55. The summed E-state index contributed by atoms with van der Waals surface area (Å²) in [6.07, 6.45) is 5.07. The zero-order valence-electron chi connectivity index (χ0n) is 14.1. The second-order valence-corrected chi connectivity index (χ2v) is 6.71. The molecule has 0 amide bonds. The molecular weight excluding hydrogens is 258 g/mol. The molecule has 0 spiro atoms. The maximum Gasteiger partial charge on any atom is 0.119 e. The smallest absolute Gasteiger partial charge is 0.119 e. The van der Waals surface area contributed by atoms with Gasteiger partial charge in [-0.25, -0.2) is 0 Å². The minimum absolute atomic E-state index is 0.449. The third-order valence-corrected chi connectivity index (χ3v) is 5.11. The molecule has 1 N–H and O–H groups in total. The van der Waals surface area contributed by atoms with Crippen molar-refractivity contribution in [2.24, 2.45) is 17.8 Å². The fourth-order valence-corrected chi connectivity index (χ4v) is 3.58. The Kier molecular flexibility index (Phi) is 6.10. The van der Waals surface area contributed by atoms with Gasteiger partial charge in [-0.15, -0.1) is 0 Å². The van der Waals surface area contributed by atoms with Gasteiger partial charge in [-0.2, -0.15) is 0 Å². The highest BCUT2D eigenvalue weighted by atomic mass is 16.5. The van der Waals surface area contributed by atoms with E-state index in [-0.39, 0.29) is 0 Å². The van der Waals surface area contributed by atoms with E-state index >= 15 is 0 Å². The summed E-state index contributed by atoms with van der Waals surface area (Å²) in [6, 6.07) is 9.10. The average molecular weight is 289 g/mol. The maximum atomic E-state index is 5.79. The van der Waals surface area contributed by atoms with Crippen molar-refractivity contribution in [1.82, 2.24) is 5.32 Å². The van der Waals surface area contributed by atoms with E-state index in [2.05, 4.69) is 57.4 Å². The summed E-state index contributed by atoms with van der Waals surface area (Å²) in [5.41, 5.74) is 1.37. The van der Waals surface area contributed by atoms with Crippen molar-refractivity contribution >= 4 is 0 Å². The van der Waals surface area contributed by atoms with Crippen LogP contribution in [0.4, 0.5) is 0 Å². The summed E-state index contributed by atoms with van der Waals surface area (Å²) in [6.45, 7) is 7.75. The molecule has 1 aliphatic carbocycles. The van der Waals surface area contributed by atoms with E-state index < -0.39 is 0 Å². The summed E-state index contributed by atoms with van der Waals surface area (Å²) >= 11 is 0. The molecule has 2 heteroatoms. The molecule has 0 radical (unpaired) electrons. The largest absolute Gasteiger partial charge is 0.494 e. The van der Waals surface area contributed by atoms with Gasteiger partial charge >= 0.3 is 0 Å². The van der Waals surface area contributed by atoms with Gasteiger partial charge in [0, 0.05) is 6.04 Å². The predicted molar refractivity (Wildman–Crippen MR) is 89.7 cm³/mol. The van der Waals surface area contributed by atoms with Crippen LogP contribution in [0.2, 0.25) is 0 Å². The van der Waals surface area contributed by atoms with E-state index in [9.17, 15) is 0 Å². The summed E-state index contributed by atoms with van der Waals surface area (Å²) in [5, 5.41) is 3.55. The number of ether oxygens (including phenoxy) is 1. The van der Waals surface area contributed by atoms with Crippen LogP contribution in [0.15, 0.2) is 24.3 Å². The molecule has 4 atom stereocenters. The molecule has 0 saturated heterocycles. The highest BCUT2D eigenvalue weighted by Crippen LogP contribution is 2.40. The average Bonchev–Trinajstić information content (AvgIpc) is 2.50. The van der Waals surface area contributed by atoms with Crippen LogP contribution in [0.1, 0.15) is 58.1 Å². The topological polar surface area (TPSA) is 21.3 Å². The van der Waals surface area contributed by atoms with Crippen molar-refractivity contribution in [2.75, 3.05) is 13.7 Å². The Labute approximate surface area is 130 Å². The molecule has 1 fully saturated rings. The molecule has 4 unspecified atom stereocenters. The van der Waals surface area contributed by atoms with Crippen molar-refractivity contribution in [3.8, 4) is 5.75 Å². The van der Waals surface area contributed by atoms with E-state index in [1.807, 2.05) is 0 Å². The molecule has 1 saturated carbocycles. The molecule has 1 aromatic rings. The van der Waals surface area contributed by atoms with Gasteiger partial charge in [-0.3, -0.25) is 0 Å². The molecule has 0 heterocycles. The van der Waals surface area contributed by atoms with Crippen LogP contribution in [0.25, 0.3) is 0 Å². The lowest BCUT2D eigenvalue weighted by atomic mass is 9.72. The predicted octanol–water partition coefficient (Wildman–Crippen LogP) is 4.81. The summed E-state index contributed by atoms with van der Waals surface area (Å²) in [7, 11) is 2.09. The molecule has 21 heavy (non-hydrogen) atoms. The fraction of sp³-hybridized carbons (Fsp3) is 0.684. The van der Waals surface area contributed by atoms with Crippen LogP contribution in [0.5, 0.6) is 5.75 Å². The van der Waals surface area contributed by atoms with Gasteiger partial charge in [0.05, 0.1) is 6.61 Å². The van der Waals surface area contributed by atoms with Crippen molar-refractivity contribution < 1.29 is 4.74 Å². The Morgan fingerprint density at radius 1 is 1.24 bits per heavy atom. The lowest BCUT2D eigenvalue weighted by molar-refractivity contribution is 0.174. The number of nitrogens with one attached hydrogen (secondary N) is 1. The second kappa shape index (κ2) is 7.84. The molecule has 2 nitrogen and oxygen atoms in total. The number of rotatable bonds is 6. The first-order chi connectivity index (χ1) is 10.2. The second-order valence-electron chi connectivity index (χ2n) is 6.71. The summed E-state index contributed by atoms with van der Waals surface area (Å²) < 4.78 is 5.79. The molecule has 0 bridgehead atoms. The van der Waals surface area contributed by atoms with E-state index in [0.29, 0.717) is 6.04 Å². The lowest BCUT2D eigenvalue weighted by Crippen LogP contribution is -2.31. The Morgan fingerprint density at radius 3 is 2.71 bits per heavy atom. The molecule has 0 aromatic heterocycles. The van der Waals surface area contributed by atoms with Gasteiger partial charge in [0.15, 0.2) is 0 Å². The molecule has 1 aromatic carbocycles. The third-order valence-electron chi connectivity index (χ3n) is 5.11. The van der Waals surface area contributed by atoms with Crippen LogP contribution in [0, 0.1) is 17.8 Å². The first kappa shape index (κ1) is 16.4. The molecule has 0 aliphatic heterocycles. The number of hydrogen-bond acceptors (Lipinski definition) is 2.